The summed E-state index contributed by atoms with van der Waals surface area (Å²) in [6, 6.07) is 14.5. The van der Waals surface area contributed by atoms with Gasteiger partial charge in [0.1, 0.15) is 18.6 Å². The quantitative estimate of drug-likeness (QED) is 0.165. The molecule has 0 unspecified atom stereocenters. The first-order valence-corrected chi connectivity index (χ1v) is 10.5. The molecular formula is C20H16BrIN4O4. The van der Waals surface area contributed by atoms with Gasteiger partial charge in [0, 0.05) is 10.5 Å². The van der Waals surface area contributed by atoms with Crippen molar-refractivity contribution >= 4 is 56.2 Å². The molecule has 30 heavy (non-hydrogen) atoms. The Morgan fingerprint density at radius 2 is 2.03 bits per heavy atom. The summed E-state index contributed by atoms with van der Waals surface area (Å²) < 4.78 is 13.3. The van der Waals surface area contributed by atoms with Crippen molar-refractivity contribution < 1.29 is 14.4 Å². The van der Waals surface area contributed by atoms with E-state index in [1.807, 2.05) is 36.4 Å². The zero-order valence-corrected chi connectivity index (χ0v) is 19.5. The second-order valence-corrected chi connectivity index (χ2v) is 8.06. The van der Waals surface area contributed by atoms with E-state index in [9.17, 15) is 10.1 Å². The molecule has 0 radical (unpaired) electrons. The molecule has 10 heteroatoms. The van der Waals surface area contributed by atoms with Crippen LogP contribution in [0.2, 0.25) is 0 Å². The van der Waals surface area contributed by atoms with Gasteiger partial charge < -0.3 is 9.47 Å². The lowest BCUT2D eigenvalue weighted by molar-refractivity contribution is -0.385. The van der Waals surface area contributed by atoms with Crippen molar-refractivity contribution in [3.63, 3.8) is 0 Å². The van der Waals surface area contributed by atoms with Crippen LogP contribution in [0.15, 0.2) is 64.3 Å². The van der Waals surface area contributed by atoms with Crippen LogP contribution in [0.5, 0.6) is 11.5 Å². The molecule has 0 saturated heterocycles. The van der Waals surface area contributed by atoms with Crippen LogP contribution in [0.25, 0.3) is 0 Å². The monoisotopic (exact) mass is 582 g/mol. The number of halogens is 2. The Labute approximate surface area is 194 Å². The first-order valence-electron chi connectivity index (χ1n) is 8.60. The average Bonchev–Trinajstić information content (AvgIpc) is 2.74. The van der Waals surface area contributed by atoms with Gasteiger partial charge in [0.25, 0.3) is 5.69 Å². The molecule has 1 N–H and O–H groups in total. The van der Waals surface area contributed by atoms with Crippen molar-refractivity contribution in [2.45, 2.75) is 6.61 Å². The third-order valence-corrected chi connectivity index (χ3v) is 5.23. The molecule has 0 bridgehead atoms. The zero-order valence-electron chi connectivity index (χ0n) is 15.7. The van der Waals surface area contributed by atoms with E-state index >= 15 is 0 Å². The van der Waals surface area contributed by atoms with Crippen molar-refractivity contribution in [1.29, 1.82) is 0 Å². The van der Waals surface area contributed by atoms with Crippen molar-refractivity contribution in [1.82, 2.24) is 4.98 Å². The molecule has 0 aliphatic carbocycles. The fourth-order valence-electron chi connectivity index (χ4n) is 2.42. The van der Waals surface area contributed by atoms with Gasteiger partial charge in [0.15, 0.2) is 11.5 Å². The number of anilines is 1. The number of hydrogen-bond acceptors (Lipinski definition) is 7. The number of hydrazone groups is 1. The summed E-state index contributed by atoms with van der Waals surface area (Å²) in [7, 11) is 1.58. The van der Waals surface area contributed by atoms with Crippen LogP contribution >= 0.6 is 38.5 Å². The molecule has 0 saturated carbocycles. The van der Waals surface area contributed by atoms with Gasteiger partial charge in [-0.25, -0.2) is 4.98 Å². The summed E-state index contributed by atoms with van der Waals surface area (Å²) >= 11 is 5.60. The highest BCUT2D eigenvalue weighted by Gasteiger charge is 2.12. The molecule has 0 fully saturated rings. The highest BCUT2D eigenvalue weighted by atomic mass is 127. The van der Waals surface area contributed by atoms with Crippen LogP contribution in [0.1, 0.15) is 11.1 Å². The van der Waals surface area contributed by atoms with Crippen LogP contribution in [-0.2, 0) is 6.61 Å². The summed E-state index contributed by atoms with van der Waals surface area (Å²) in [5.74, 6) is 1.64. The van der Waals surface area contributed by atoms with Gasteiger partial charge in [-0.2, -0.15) is 5.10 Å². The molecule has 154 valence electrons. The number of ether oxygens (including phenoxy) is 2. The number of aromatic nitrogens is 1. The van der Waals surface area contributed by atoms with Gasteiger partial charge in [-0.3, -0.25) is 15.5 Å². The van der Waals surface area contributed by atoms with Crippen LogP contribution < -0.4 is 14.9 Å². The fraction of sp³-hybridized carbons (Fsp3) is 0.100. The Kier molecular flexibility index (Phi) is 7.57. The lowest BCUT2D eigenvalue weighted by Gasteiger charge is -2.13. The van der Waals surface area contributed by atoms with Crippen LogP contribution in [-0.4, -0.2) is 23.2 Å². The smallest absolute Gasteiger partial charge is 0.287 e. The Balaban J connectivity index is 1.68. The molecule has 0 aliphatic heterocycles. The predicted octanol–water partition coefficient (Wildman–Crippen LogP) is 5.39. The van der Waals surface area contributed by atoms with Crippen LogP contribution in [0.3, 0.4) is 0 Å². The number of benzene rings is 2. The molecule has 0 aliphatic rings. The number of methoxy groups -OCH3 is 1. The van der Waals surface area contributed by atoms with E-state index in [1.54, 1.807) is 13.3 Å². The molecule has 1 aromatic heterocycles. The van der Waals surface area contributed by atoms with Crippen molar-refractivity contribution in [3.8, 4) is 11.5 Å². The lowest BCUT2D eigenvalue weighted by Crippen LogP contribution is -2.01. The van der Waals surface area contributed by atoms with Gasteiger partial charge in [0.05, 0.1) is 21.8 Å². The predicted molar refractivity (Wildman–Crippen MR) is 126 cm³/mol. The van der Waals surface area contributed by atoms with Crippen molar-refractivity contribution in [2.24, 2.45) is 5.10 Å². The number of nitrogens with zero attached hydrogens (tertiary/aromatic N) is 3. The minimum absolute atomic E-state index is 0.0810. The Hall–Kier alpha value is -2.73. The minimum atomic E-state index is -0.505. The van der Waals surface area contributed by atoms with E-state index in [1.165, 1.54) is 18.3 Å². The first kappa shape index (κ1) is 22.0. The lowest BCUT2D eigenvalue weighted by atomic mass is 10.2. The van der Waals surface area contributed by atoms with Crippen LogP contribution in [0.4, 0.5) is 11.5 Å². The van der Waals surface area contributed by atoms with Gasteiger partial charge >= 0.3 is 0 Å². The summed E-state index contributed by atoms with van der Waals surface area (Å²) in [6.07, 6.45) is 2.77. The second-order valence-electron chi connectivity index (χ2n) is 5.98. The summed E-state index contributed by atoms with van der Waals surface area (Å²) in [5.41, 5.74) is 4.49. The highest BCUT2D eigenvalue weighted by Crippen LogP contribution is 2.34. The van der Waals surface area contributed by atoms with E-state index in [0.717, 1.165) is 19.2 Å². The largest absolute Gasteiger partial charge is 0.493 e. The number of nitro groups is 1. The molecule has 8 nitrogen and oxygen atoms in total. The van der Waals surface area contributed by atoms with Crippen molar-refractivity contribution in [3.05, 3.63) is 84.0 Å². The SMILES string of the molecule is COc1cc(/C=N/Nc2ccc([N+](=O)[O-])cn2)cc(I)c1OCc1ccc(Br)cc1. The Morgan fingerprint density at radius 3 is 2.67 bits per heavy atom. The first-order chi connectivity index (χ1) is 14.5. The standard InChI is InChI=1S/C20H16BrIN4O4/c1-29-18-9-14(10-24-25-19-7-6-16(11-23-19)26(27)28)8-17(22)20(18)30-12-13-2-4-15(21)5-3-13/h2-11H,12H2,1H3,(H,23,25)/b24-10+. The minimum Gasteiger partial charge on any atom is -0.493 e. The van der Waals surface area contributed by atoms with E-state index in [-0.39, 0.29) is 5.69 Å². The molecule has 3 rings (SSSR count). The molecule has 1 heterocycles. The maximum Gasteiger partial charge on any atom is 0.287 e. The molecule has 2 aromatic carbocycles. The Bertz CT molecular complexity index is 1060. The fourth-order valence-corrected chi connectivity index (χ4v) is 3.47. The number of hydrogen-bond donors (Lipinski definition) is 1. The number of rotatable bonds is 8. The average molecular weight is 583 g/mol. The van der Waals surface area contributed by atoms with Gasteiger partial charge in [0.2, 0.25) is 0 Å². The third kappa shape index (κ3) is 5.89. The van der Waals surface area contributed by atoms with E-state index < -0.39 is 4.92 Å². The Morgan fingerprint density at radius 1 is 1.27 bits per heavy atom. The number of pyridine rings is 1. The normalized spacial score (nSPS) is 10.8. The summed E-state index contributed by atoms with van der Waals surface area (Å²) in [4.78, 5) is 14.1. The maximum atomic E-state index is 10.7. The van der Waals surface area contributed by atoms with Crippen LogP contribution in [0, 0.1) is 13.7 Å². The van der Waals surface area contributed by atoms with Gasteiger partial charge in [-0.05, 0) is 64.0 Å². The number of nitrogens with one attached hydrogen (secondary N) is 1. The highest BCUT2D eigenvalue weighted by molar-refractivity contribution is 14.1. The zero-order chi connectivity index (χ0) is 21.5. The van der Waals surface area contributed by atoms with E-state index in [2.05, 4.69) is 54.0 Å². The van der Waals surface area contributed by atoms with Crippen molar-refractivity contribution in [2.75, 3.05) is 12.5 Å². The molecule has 0 amide bonds. The summed E-state index contributed by atoms with van der Waals surface area (Å²) in [5, 5.41) is 14.8. The third-order valence-electron chi connectivity index (χ3n) is 3.90. The van der Waals surface area contributed by atoms with E-state index in [0.29, 0.717) is 23.9 Å². The topological polar surface area (TPSA) is 98.9 Å². The maximum absolute atomic E-state index is 10.7. The molecular weight excluding hydrogens is 567 g/mol. The second kappa shape index (κ2) is 10.3. The molecule has 3 aromatic rings. The van der Waals surface area contributed by atoms with Gasteiger partial charge in [-0.15, -0.1) is 0 Å². The van der Waals surface area contributed by atoms with E-state index in [4.69, 9.17) is 9.47 Å². The molecule has 0 atom stereocenters. The summed E-state index contributed by atoms with van der Waals surface area (Å²) in [6.45, 7) is 0.417. The molecule has 0 spiro atoms. The van der Waals surface area contributed by atoms with Gasteiger partial charge in [-0.1, -0.05) is 28.1 Å².